The van der Waals surface area contributed by atoms with Crippen LogP contribution in [0.15, 0.2) is 35.5 Å². The average Bonchev–Trinajstić information content (AvgIpc) is 2.96. The van der Waals surface area contributed by atoms with Crippen molar-refractivity contribution < 1.29 is 8.42 Å². The third kappa shape index (κ3) is 2.54. The summed E-state index contributed by atoms with van der Waals surface area (Å²) in [5.41, 5.74) is 7.00. The third-order valence-electron chi connectivity index (χ3n) is 3.13. The summed E-state index contributed by atoms with van der Waals surface area (Å²) in [4.78, 5) is 6.85. The number of benzene rings is 1. The maximum absolute atomic E-state index is 12.5. The Kier molecular flexibility index (Phi) is 4.10. The molecular formula is C13H18N4O2S. The molecule has 0 spiro atoms. The minimum atomic E-state index is -3.65. The molecule has 3 N–H and O–H groups in total. The number of para-hydroxylation sites is 1. The van der Waals surface area contributed by atoms with Crippen LogP contribution >= 0.6 is 0 Å². The van der Waals surface area contributed by atoms with E-state index >= 15 is 0 Å². The normalized spacial score (nSPS) is 11.6. The Hall–Kier alpha value is -1.86. The minimum absolute atomic E-state index is 0.0867. The molecule has 1 heterocycles. The molecule has 1 aromatic carbocycles. The van der Waals surface area contributed by atoms with Crippen molar-refractivity contribution in [1.29, 1.82) is 0 Å². The molecule has 0 aliphatic carbocycles. The molecule has 0 bridgehead atoms. The van der Waals surface area contributed by atoms with Crippen molar-refractivity contribution in [2.75, 3.05) is 11.4 Å². The van der Waals surface area contributed by atoms with Crippen LogP contribution in [0.3, 0.4) is 0 Å². The van der Waals surface area contributed by atoms with Gasteiger partial charge in [0, 0.05) is 20.0 Å². The van der Waals surface area contributed by atoms with Gasteiger partial charge in [0.1, 0.15) is 5.82 Å². The second-order valence-corrected chi connectivity index (χ2v) is 6.29. The summed E-state index contributed by atoms with van der Waals surface area (Å²) in [6, 6.07) is 7.16. The van der Waals surface area contributed by atoms with E-state index in [-0.39, 0.29) is 11.6 Å². The molecule has 2 rings (SSSR count). The molecule has 0 aliphatic heterocycles. The quantitative estimate of drug-likeness (QED) is 0.868. The van der Waals surface area contributed by atoms with Gasteiger partial charge < -0.3 is 10.7 Å². The second kappa shape index (κ2) is 5.64. The summed E-state index contributed by atoms with van der Waals surface area (Å²) in [6.45, 7) is 2.18. The predicted molar refractivity (Wildman–Crippen MR) is 77.9 cm³/mol. The maximum atomic E-state index is 12.5. The SMILES string of the molecule is CCc1ncc(S(=O)(=O)N(C)c2ccccc2CN)[nH]1. The fourth-order valence-electron chi connectivity index (χ4n) is 1.92. The van der Waals surface area contributed by atoms with Crippen molar-refractivity contribution in [1.82, 2.24) is 9.97 Å². The number of hydrogen-bond donors (Lipinski definition) is 2. The van der Waals surface area contributed by atoms with Crippen molar-refractivity contribution in [3.63, 3.8) is 0 Å². The topological polar surface area (TPSA) is 92.1 Å². The molecular weight excluding hydrogens is 276 g/mol. The van der Waals surface area contributed by atoms with Crippen LogP contribution in [0.1, 0.15) is 18.3 Å². The van der Waals surface area contributed by atoms with E-state index in [1.54, 1.807) is 12.1 Å². The number of nitrogens with zero attached hydrogens (tertiary/aromatic N) is 2. The van der Waals surface area contributed by atoms with Gasteiger partial charge in [-0.25, -0.2) is 4.98 Å². The van der Waals surface area contributed by atoms with Gasteiger partial charge in [-0.3, -0.25) is 4.31 Å². The van der Waals surface area contributed by atoms with E-state index in [0.717, 1.165) is 5.56 Å². The zero-order valence-corrected chi connectivity index (χ0v) is 12.3. The average molecular weight is 294 g/mol. The fourth-order valence-corrected chi connectivity index (χ4v) is 3.09. The summed E-state index contributed by atoms with van der Waals surface area (Å²) in [5.74, 6) is 0.643. The molecule has 0 fully saturated rings. The zero-order chi connectivity index (χ0) is 14.8. The van der Waals surface area contributed by atoms with Crippen molar-refractivity contribution in [2.45, 2.75) is 24.9 Å². The van der Waals surface area contributed by atoms with Gasteiger partial charge in [0.2, 0.25) is 0 Å². The van der Waals surface area contributed by atoms with Gasteiger partial charge in [0.05, 0.1) is 11.9 Å². The van der Waals surface area contributed by atoms with Crippen LogP contribution in [0.25, 0.3) is 0 Å². The van der Waals surface area contributed by atoms with Crippen molar-refractivity contribution in [3.05, 3.63) is 41.9 Å². The number of hydrogen-bond acceptors (Lipinski definition) is 4. The van der Waals surface area contributed by atoms with Crippen LogP contribution in [0.4, 0.5) is 5.69 Å². The molecule has 0 unspecified atom stereocenters. The third-order valence-corrected chi connectivity index (χ3v) is 4.81. The second-order valence-electron chi connectivity index (χ2n) is 4.35. The molecule has 108 valence electrons. The fraction of sp³-hybridized carbons (Fsp3) is 0.308. The lowest BCUT2D eigenvalue weighted by molar-refractivity contribution is 0.591. The highest BCUT2D eigenvalue weighted by Gasteiger charge is 2.24. The minimum Gasteiger partial charge on any atom is -0.332 e. The van der Waals surface area contributed by atoms with Gasteiger partial charge in [-0.1, -0.05) is 25.1 Å². The maximum Gasteiger partial charge on any atom is 0.281 e. The molecule has 0 atom stereocenters. The Morgan fingerprint density at radius 2 is 2.05 bits per heavy atom. The van der Waals surface area contributed by atoms with Crippen LogP contribution in [-0.2, 0) is 23.0 Å². The van der Waals surface area contributed by atoms with E-state index < -0.39 is 10.0 Å². The zero-order valence-electron chi connectivity index (χ0n) is 11.5. The van der Waals surface area contributed by atoms with Crippen LogP contribution < -0.4 is 10.0 Å². The Morgan fingerprint density at radius 1 is 1.35 bits per heavy atom. The number of sulfonamides is 1. The Morgan fingerprint density at radius 3 is 2.65 bits per heavy atom. The number of nitrogens with two attached hydrogens (primary N) is 1. The molecule has 2 aromatic rings. The number of aromatic amines is 1. The lowest BCUT2D eigenvalue weighted by Crippen LogP contribution is -2.28. The highest BCUT2D eigenvalue weighted by atomic mass is 32.2. The van der Waals surface area contributed by atoms with E-state index in [2.05, 4.69) is 9.97 Å². The number of nitrogens with one attached hydrogen (secondary N) is 1. The highest BCUT2D eigenvalue weighted by molar-refractivity contribution is 7.92. The molecule has 0 amide bonds. The first kappa shape index (κ1) is 14.5. The lowest BCUT2D eigenvalue weighted by atomic mass is 10.2. The van der Waals surface area contributed by atoms with Gasteiger partial charge >= 0.3 is 0 Å². The first-order chi connectivity index (χ1) is 9.50. The summed E-state index contributed by atoms with van der Waals surface area (Å²) in [5, 5.41) is 0.0867. The van der Waals surface area contributed by atoms with Crippen LogP contribution in [0, 0.1) is 0 Å². The number of H-pyrrole nitrogens is 1. The van der Waals surface area contributed by atoms with Gasteiger partial charge in [-0.05, 0) is 11.6 Å². The van der Waals surface area contributed by atoms with E-state index in [9.17, 15) is 8.42 Å². The molecule has 0 saturated heterocycles. The number of imidazole rings is 1. The monoisotopic (exact) mass is 294 g/mol. The molecule has 0 saturated carbocycles. The Bertz CT molecular complexity index is 694. The van der Waals surface area contributed by atoms with Gasteiger partial charge in [-0.15, -0.1) is 0 Å². The van der Waals surface area contributed by atoms with Crippen LogP contribution in [0.5, 0.6) is 0 Å². The van der Waals surface area contributed by atoms with Crippen molar-refractivity contribution in [3.8, 4) is 0 Å². The van der Waals surface area contributed by atoms with E-state index in [1.807, 2.05) is 19.1 Å². The Balaban J connectivity index is 2.43. The van der Waals surface area contributed by atoms with Gasteiger partial charge in [-0.2, -0.15) is 8.42 Å². The molecule has 7 heteroatoms. The summed E-state index contributed by atoms with van der Waals surface area (Å²) >= 11 is 0. The summed E-state index contributed by atoms with van der Waals surface area (Å²) in [6.07, 6.45) is 1.99. The summed E-state index contributed by atoms with van der Waals surface area (Å²) in [7, 11) is -2.14. The van der Waals surface area contributed by atoms with Crippen molar-refractivity contribution >= 4 is 15.7 Å². The number of aryl methyl sites for hydroxylation is 1. The highest BCUT2D eigenvalue weighted by Crippen LogP contribution is 2.24. The van der Waals surface area contributed by atoms with E-state index in [1.165, 1.54) is 17.5 Å². The molecule has 1 aromatic heterocycles. The number of anilines is 1. The molecule has 0 aliphatic rings. The first-order valence-electron chi connectivity index (χ1n) is 6.31. The largest absolute Gasteiger partial charge is 0.332 e. The van der Waals surface area contributed by atoms with Gasteiger partial charge in [0.25, 0.3) is 10.0 Å². The summed E-state index contributed by atoms with van der Waals surface area (Å²) < 4.78 is 26.3. The van der Waals surface area contributed by atoms with Crippen molar-refractivity contribution in [2.24, 2.45) is 5.73 Å². The smallest absolute Gasteiger partial charge is 0.281 e. The first-order valence-corrected chi connectivity index (χ1v) is 7.75. The molecule has 6 nitrogen and oxygen atoms in total. The van der Waals surface area contributed by atoms with Gasteiger partial charge in [0.15, 0.2) is 5.03 Å². The number of rotatable bonds is 5. The standard InChI is InChI=1S/C13H18N4O2S/c1-3-12-15-9-13(16-12)20(18,19)17(2)11-7-5-4-6-10(11)8-14/h4-7,9H,3,8,14H2,1-2H3,(H,15,16). The number of aromatic nitrogens is 2. The molecule has 0 radical (unpaired) electrons. The molecule has 20 heavy (non-hydrogen) atoms. The predicted octanol–water partition coefficient (Wildman–Crippen LogP) is 1.26. The van der Waals surface area contributed by atoms with E-state index in [4.69, 9.17) is 5.73 Å². The van der Waals surface area contributed by atoms with Crippen LogP contribution in [0.2, 0.25) is 0 Å². The van der Waals surface area contributed by atoms with E-state index in [0.29, 0.717) is 17.9 Å². The lowest BCUT2D eigenvalue weighted by Gasteiger charge is -2.20. The Labute approximate surface area is 118 Å². The van der Waals surface area contributed by atoms with Crippen LogP contribution in [-0.4, -0.2) is 25.4 Å².